The molecule has 4 atom stereocenters. The summed E-state index contributed by atoms with van der Waals surface area (Å²) in [5.74, 6) is 2.27. The lowest BCUT2D eigenvalue weighted by molar-refractivity contribution is -0.128. The molecule has 2 N–H and O–H groups in total. The summed E-state index contributed by atoms with van der Waals surface area (Å²) >= 11 is 0. The number of hydrogen-bond acceptors (Lipinski definition) is 3. The number of ether oxygens (including phenoxy) is 1. The van der Waals surface area contributed by atoms with Crippen molar-refractivity contribution < 1.29 is 14.3 Å². The van der Waals surface area contributed by atoms with Gasteiger partial charge in [0.05, 0.1) is 0 Å². The standard InChI is InChI=1S/C21H30N2O3/c1-13(2)18-11-20(24)23-19-10-15(7-8-17(18)19)22-21(25)12-26-16-6-4-5-14(3)9-16/h4-6,9,13,15,17-19H,7-8,10-12H2,1-3H3,(H,22,25)(H,23,24). The lowest BCUT2D eigenvalue weighted by Crippen LogP contribution is -2.56. The average molecular weight is 358 g/mol. The van der Waals surface area contributed by atoms with Crippen molar-refractivity contribution in [1.82, 2.24) is 10.6 Å². The van der Waals surface area contributed by atoms with Crippen molar-refractivity contribution in [2.75, 3.05) is 6.61 Å². The van der Waals surface area contributed by atoms with Crippen LogP contribution in [0.1, 0.15) is 45.1 Å². The quantitative estimate of drug-likeness (QED) is 0.850. The average Bonchev–Trinajstić information content (AvgIpc) is 2.59. The molecule has 1 aromatic rings. The molecule has 1 aromatic carbocycles. The zero-order valence-corrected chi connectivity index (χ0v) is 16.0. The lowest BCUT2D eigenvalue weighted by atomic mass is 9.67. The number of rotatable bonds is 5. The lowest BCUT2D eigenvalue weighted by Gasteiger charge is -2.45. The Morgan fingerprint density at radius 1 is 1.35 bits per heavy atom. The molecule has 5 nitrogen and oxygen atoms in total. The number of piperidine rings is 1. The molecule has 26 heavy (non-hydrogen) atoms. The van der Waals surface area contributed by atoms with Gasteiger partial charge >= 0.3 is 0 Å². The molecule has 0 radical (unpaired) electrons. The van der Waals surface area contributed by atoms with Gasteiger partial charge in [0.25, 0.3) is 5.91 Å². The Kier molecular flexibility index (Phi) is 5.84. The molecule has 1 heterocycles. The summed E-state index contributed by atoms with van der Waals surface area (Å²) in [6.07, 6.45) is 3.48. The van der Waals surface area contributed by atoms with Crippen LogP contribution in [0.4, 0.5) is 0 Å². The third-order valence-corrected chi connectivity index (χ3v) is 5.80. The molecule has 3 rings (SSSR count). The van der Waals surface area contributed by atoms with E-state index in [1.54, 1.807) is 0 Å². The Morgan fingerprint density at radius 2 is 2.15 bits per heavy atom. The van der Waals surface area contributed by atoms with Gasteiger partial charge < -0.3 is 15.4 Å². The van der Waals surface area contributed by atoms with Crippen LogP contribution in [-0.2, 0) is 9.59 Å². The molecule has 0 aromatic heterocycles. The van der Waals surface area contributed by atoms with Crippen LogP contribution in [0.25, 0.3) is 0 Å². The summed E-state index contributed by atoms with van der Waals surface area (Å²) in [4.78, 5) is 24.3. The van der Waals surface area contributed by atoms with E-state index in [4.69, 9.17) is 4.74 Å². The molecule has 1 aliphatic carbocycles. The molecule has 2 fully saturated rings. The zero-order chi connectivity index (χ0) is 18.7. The van der Waals surface area contributed by atoms with Gasteiger partial charge in [0.2, 0.25) is 5.91 Å². The highest BCUT2D eigenvalue weighted by Gasteiger charge is 2.41. The maximum Gasteiger partial charge on any atom is 0.258 e. The minimum absolute atomic E-state index is 0.0228. The number of carbonyl (C=O) groups is 2. The van der Waals surface area contributed by atoms with Crippen molar-refractivity contribution in [3.63, 3.8) is 0 Å². The number of nitrogens with one attached hydrogen (secondary N) is 2. The van der Waals surface area contributed by atoms with E-state index in [2.05, 4.69) is 24.5 Å². The Morgan fingerprint density at radius 3 is 2.88 bits per heavy atom. The largest absolute Gasteiger partial charge is 0.484 e. The van der Waals surface area contributed by atoms with Gasteiger partial charge in [0.1, 0.15) is 5.75 Å². The number of benzene rings is 1. The van der Waals surface area contributed by atoms with E-state index < -0.39 is 0 Å². The second kappa shape index (κ2) is 8.11. The summed E-state index contributed by atoms with van der Waals surface area (Å²) in [6, 6.07) is 7.98. The van der Waals surface area contributed by atoms with Crippen LogP contribution < -0.4 is 15.4 Å². The number of fused-ring (bicyclic) bond motifs is 1. The summed E-state index contributed by atoms with van der Waals surface area (Å²) in [5.41, 5.74) is 1.11. The fourth-order valence-electron chi connectivity index (χ4n) is 4.49. The van der Waals surface area contributed by atoms with Gasteiger partial charge in [-0.3, -0.25) is 9.59 Å². The molecular weight excluding hydrogens is 328 g/mol. The second-order valence-electron chi connectivity index (χ2n) is 8.13. The van der Waals surface area contributed by atoms with Crippen molar-refractivity contribution in [1.29, 1.82) is 0 Å². The normalized spacial score (nSPS) is 28.2. The van der Waals surface area contributed by atoms with Gasteiger partial charge in [-0.2, -0.15) is 0 Å². The molecule has 2 amide bonds. The highest BCUT2D eigenvalue weighted by molar-refractivity contribution is 5.78. The van der Waals surface area contributed by atoms with Crippen LogP contribution in [0.3, 0.4) is 0 Å². The first-order valence-corrected chi connectivity index (χ1v) is 9.70. The topological polar surface area (TPSA) is 67.4 Å². The minimum Gasteiger partial charge on any atom is -0.484 e. The van der Waals surface area contributed by atoms with Crippen LogP contribution in [0.5, 0.6) is 5.75 Å². The summed E-state index contributed by atoms with van der Waals surface area (Å²) in [5, 5.41) is 6.23. The van der Waals surface area contributed by atoms with Crippen LogP contribution in [0.15, 0.2) is 24.3 Å². The molecule has 0 spiro atoms. The van der Waals surface area contributed by atoms with Crippen molar-refractivity contribution >= 4 is 11.8 Å². The van der Waals surface area contributed by atoms with E-state index in [0.717, 1.165) is 24.8 Å². The molecule has 1 aliphatic heterocycles. The molecule has 1 saturated carbocycles. The van der Waals surface area contributed by atoms with Crippen LogP contribution in [0.2, 0.25) is 0 Å². The monoisotopic (exact) mass is 358 g/mol. The predicted octanol–water partition coefficient (Wildman–Crippen LogP) is 2.82. The minimum atomic E-state index is -0.0995. The fraction of sp³-hybridized carbons (Fsp3) is 0.619. The van der Waals surface area contributed by atoms with Crippen molar-refractivity contribution in [2.45, 2.75) is 58.5 Å². The highest BCUT2D eigenvalue weighted by Crippen LogP contribution is 2.38. The molecule has 4 unspecified atom stereocenters. The molecule has 5 heteroatoms. The molecule has 142 valence electrons. The van der Waals surface area contributed by atoms with Crippen molar-refractivity contribution in [3.05, 3.63) is 29.8 Å². The Labute approximate surface area is 155 Å². The second-order valence-corrected chi connectivity index (χ2v) is 8.13. The first-order valence-electron chi connectivity index (χ1n) is 9.70. The van der Waals surface area contributed by atoms with Gasteiger partial charge in [-0.1, -0.05) is 26.0 Å². The van der Waals surface area contributed by atoms with Gasteiger partial charge in [0, 0.05) is 18.5 Å². The van der Waals surface area contributed by atoms with E-state index in [0.29, 0.717) is 29.9 Å². The van der Waals surface area contributed by atoms with Gasteiger partial charge in [-0.25, -0.2) is 0 Å². The smallest absolute Gasteiger partial charge is 0.258 e. The first kappa shape index (κ1) is 18.7. The van der Waals surface area contributed by atoms with Crippen molar-refractivity contribution in [3.8, 4) is 5.75 Å². The van der Waals surface area contributed by atoms with Crippen LogP contribution >= 0.6 is 0 Å². The van der Waals surface area contributed by atoms with Gasteiger partial charge in [-0.15, -0.1) is 0 Å². The Balaban J connectivity index is 1.50. The number of amides is 2. The highest BCUT2D eigenvalue weighted by atomic mass is 16.5. The maximum absolute atomic E-state index is 12.2. The third-order valence-electron chi connectivity index (χ3n) is 5.80. The Hall–Kier alpha value is -2.04. The third kappa shape index (κ3) is 4.57. The molecule has 2 aliphatic rings. The van der Waals surface area contributed by atoms with E-state index in [9.17, 15) is 9.59 Å². The van der Waals surface area contributed by atoms with Crippen LogP contribution in [0, 0.1) is 24.7 Å². The molecule has 1 saturated heterocycles. The van der Waals surface area contributed by atoms with Crippen LogP contribution in [-0.4, -0.2) is 30.5 Å². The van der Waals surface area contributed by atoms with E-state index in [-0.39, 0.29) is 30.5 Å². The SMILES string of the molecule is Cc1cccc(OCC(=O)NC2CCC3C(C2)NC(=O)CC3C(C)C)c1. The van der Waals surface area contributed by atoms with E-state index in [1.807, 2.05) is 31.2 Å². The summed E-state index contributed by atoms with van der Waals surface area (Å²) in [6.45, 7) is 6.43. The summed E-state index contributed by atoms with van der Waals surface area (Å²) < 4.78 is 5.58. The first-order chi connectivity index (χ1) is 12.4. The Bertz CT molecular complexity index is 658. The van der Waals surface area contributed by atoms with Gasteiger partial charge in [0.15, 0.2) is 6.61 Å². The zero-order valence-electron chi connectivity index (χ0n) is 16.0. The van der Waals surface area contributed by atoms with Crippen molar-refractivity contribution in [2.24, 2.45) is 17.8 Å². The summed E-state index contributed by atoms with van der Waals surface area (Å²) in [7, 11) is 0. The van der Waals surface area contributed by atoms with Gasteiger partial charge in [-0.05, 0) is 61.6 Å². The maximum atomic E-state index is 12.2. The molecule has 0 bridgehead atoms. The van der Waals surface area contributed by atoms with E-state index in [1.165, 1.54) is 0 Å². The van der Waals surface area contributed by atoms with E-state index >= 15 is 0 Å². The molecular formula is C21H30N2O3. The number of carbonyl (C=O) groups excluding carboxylic acids is 2. The predicted molar refractivity (Wildman–Crippen MR) is 101 cm³/mol. The number of aryl methyl sites for hydroxylation is 1. The fourth-order valence-corrected chi connectivity index (χ4v) is 4.49. The number of hydrogen-bond donors (Lipinski definition) is 2.